The number of likely N-dealkylation sites (tertiary alicyclic amines) is 1. The number of nitrogens with two attached hydrogens (primary N) is 1. The Morgan fingerprint density at radius 3 is 2.62 bits per heavy atom. The Hall–Kier alpha value is -0.470. The molecule has 1 aliphatic heterocycles. The second-order valence-electron chi connectivity index (χ2n) is 5.76. The summed E-state index contributed by atoms with van der Waals surface area (Å²) in [6, 6.07) is 1.62. The van der Waals surface area contributed by atoms with Gasteiger partial charge >= 0.3 is 0 Å². The van der Waals surface area contributed by atoms with Gasteiger partial charge in [0.2, 0.25) is 10.0 Å². The molecule has 1 saturated heterocycles. The highest BCUT2D eigenvalue weighted by atomic mass is 32.2. The van der Waals surface area contributed by atoms with Crippen LogP contribution in [0.5, 0.6) is 0 Å². The van der Waals surface area contributed by atoms with Crippen LogP contribution in [0.25, 0.3) is 0 Å². The minimum absolute atomic E-state index is 0.0863. The zero-order valence-corrected chi connectivity index (χ0v) is 14.4. The van der Waals surface area contributed by atoms with E-state index in [0.717, 1.165) is 30.1 Å². The molecule has 2 heterocycles. The number of hydrogen-bond acceptors (Lipinski definition) is 5. The molecule has 1 aliphatic rings. The molecule has 1 unspecified atom stereocenters. The van der Waals surface area contributed by atoms with Crippen molar-refractivity contribution in [3.8, 4) is 0 Å². The normalized spacial score (nSPS) is 18.8. The molecule has 2 rings (SSSR count). The van der Waals surface area contributed by atoms with Gasteiger partial charge in [-0.1, -0.05) is 6.42 Å². The zero-order chi connectivity index (χ0) is 15.5. The third kappa shape index (κ3) is 4.50. The van der Waals surface area contributed by atoms with Gasteiger partial charge in [0, 0.05) is 24.0 Å². The lowest BCUT2D eigenvalue weighted by atomic mass is 10.1. The molecule has 21 heavy (non-hydrogen) atoms. The standard InChI is InChI=1S/C14H25N3O2S2/c1-11-8-14(20-13(11)9-15)21(18,19)16-12(2)10-17-6-4-3-5-7-17/h8,12,16H,3-7,9-10,15H2,1-2H3. The summed E-state index contributed by atoms with van der Waals surface area (Å²) in [4.78, 5) is 3.26. The molecular weight excluding hydrogens is 306 g/mol. The van der Waals surface area contributed by atoms with Crippen molar-refractivity contribution in [2.24, 2.45) is 5.73 Å². The van der Waals surface area contributed by atoms with Crippen molar-refractivity contribution in [1.82, 2.24) is 9.62 Å². The highest BCUT2D eigenvalue weighted by Crippen LogP contribution is 2.25. The van der Waals surface area contributed by atoms with Gasteiger partial charge in [0.05, 0.1) is 0 Å². The molecule has 1 atom stereocenters. The predicted molar refractivity (Wildman–Crippen MR) is 87.0 cm³/mol. The lowest BCUT2D eigenvalue weighted by Crippen LogP contribution is -2.43. The van der Waals surface area contributed by atoms with E-state index < -0.39 is 10.0 Å². The molecule has 0 aliphatic carbocycles. The number of rotatable bonds is 6. The van der Waals surface area contributed by atoms with E-state index >= 15 is 0 Å². The first-order valence-corrected chi connectivity index (χ1v) is 9.76. The Morgan fingerprint density at radius 1 is 1.38 bits per heavy atom. The summed E-state index contributed by atoms with van der Waals surface area (Å²) < 4.78 is 28.0. The number of thiophene rings is 1. The minimum atomic E-state index is -3.44. The summed E-state index contributed by atoms with van der Waals surface area (Å²) in [5, 5.41) is 0. The van der Waals surface area contributed by atoms with Gasteiger partial charge in [-0.25, -0.2) is 13.1 Å². The molecule has 0 radical (unpaired) electrons. The summed E-state index contributed by atoms with van der Waals surface area (Å²) >= 11 is 1.27. The van der Waals surface area contributed by atoms with Crippen molar-refractivity contribution in [1.29, 1.82) is 0 Å². The largest absolute Gasteiger partial charge is 0.326 e. The quantitative estimate of drug-likeness (QED) is 0.831. The first-order valence-electron chi connectivity index (χ1n) is 7.46. The molecule has 1 aromatic heterocycles. The van der Waals surface area contributed by atoms with Gasteiger partial charge in [0.15, 0.2) is 0 Å². The van der Waals surface area contributed by atoms with Crippen molar-refractivity contribution in [2.45, 2.75) is 49.9 Å². The van der Waals surface area contributed by atoms with E-state index in [1.807, 2.05) is 13.8 Å². The number of nitrogens with zero attached hydrogens (tertiary/aromatic N) is 1. The van der Waals surface area contributed by atoms with Gasteiger partial charge < -0.3 is 10.6 Å². The van der Waals surface area contributed by atoms with Crippen LogP contribution >= 0.6 is 11.3 Å². The van der Waals surface area contributed by atoms with Crippen molar-refractivity contribution >= 4 is 21.4 Å². The van der Waals surface area contributed by atoms with E-state index in [0.29, 0.717) is 10.8 Å². The van der Waals surface area contributed by atoms with E-state index in [4.69, 9.17) is 5.73 Å². The Labute approximate surface area is 131 Å². The average Bonchev–Trinajstić information content (AvgIpc) is 2.81. The number of piperidine rings is 1. The lowest BCUT2D eigenvalue weighted by molar-refractivity contribution is 0.215. The van der Waals surface area contributed by atoms with Crippen molar-refractivity contribution in [3.05, 3.63) is 16.5 Å². The molecule has 3 N–H and O–H groups in total. The van der Waals surface area contributed by atoms with Gasteiger partial charge in [-0.15, -0.1) is 11.3 Å². The molecule has 0 amide bonds. The summed E-state index contributed by atoms with van der Waals surface area (Å²) in [5.74, 6) is 0. The number of nitrogens with one attached hydrogen (secondary N) is 1. The maximum Gasteiger partial charge on any atom is 0.250 e. The van der Waals surface area contributed by atoms with Crippen LogP contribution in [0.4, 0.5) is 0 Å². The highest BCUT2D eigenvalue weighted by Gasteiger charge is 2.22. The molecule has 1 aromatic rings. The fourth-order valence-electron chi connectivity index (χ4n) is 2.71. The van der Waals surface area contributed by atoms with E-state index in [1.54, 1.807) is 6.07 Å². The second-order valence-corrected chi connectivity index (χ2v) is 8.84. The first kappa shape index (κ1) is 16.9. The number of sulfonamides is 1. The first-order chi connectivity index (χ1) is 9.92. The minimum Gasteiger partial charge on any atom is -0.326 e. The van der Waals surface area contributed by atoms with Gasteiger partial charge in [-0.05, 0) is 51.4 Å². The SMILES string of the molecule is Cc1cc(S(=O)(=O)NC(C)CN2CCCCC2)sc1CN. The molecule has 0 saturated carbocycles. The van der Waals surface area contributed by atoms with Crippen LogP contribution < -0.4 is 10.5 Å². The van der Waals surface area contributed by atoms with Crippen molar-refractivity contribution in [3.63, 3.8) is 0 Å². The van der Waals surface area contributed by atoms with Crippen LogP contribution in [0.2, 0.25) is 0 Å². The van der Waals surface area contributed by atoms with Crippen LogP contribution in [-0.4, -0.2) is 39.0 Å². The van der Waals surface area contributed by atoms with Crippen LogP contribution in [-0.2, 0) is 16.6 Å². The zero-order valence-electron chi connectivity index (χ0n) is 12.8. The fourth-order valence-corrected chi connectivity index (χ4v) is 5.43. The molecule has 0 aromatic carbocycles. The van der Waals surface area contributed by atoms with E-state index in [2.05, 4.69) is 9.62 Å². The van der Waals surface area contributed by atoms with E-state index in [-0.39, 0.29) is 6.04 Å². The Balaban J connectivity index is 1.98. The van der Waals surface area contributed by atoms with E-state index in [9.17, 15) is 8.42 Å². The number of aryl methyl sites for hydroxylation is 1. The average molecular weight is 332 g/mol. The predicted octanol–water partition coefficient (Wildman–Crippen LogP) is 1.67. The third-order valence-electron chi connectivity index (χ3n) is 3.79. The maximum absolute atomic E-state index is 12.4. The Kier molecular flexibility index (Phi) is 5.79. The molecule has 7 heteroatoms. The smallest absolute Gasteiger partial charge is 0.250 e. The summed E-state index contributed by atoms with van der Waals surface area (Å²) in [7, 11) is -3.44. The van der Waals surface area contributed by atoms with Gasteiger partial charge in [-0.3, -0.25) is 0 Å². The molecule has 0 spiro atoms. The molecule has 0 bridgehead atoms. The molecule has 1 fully saturated rings. The monoisotopic (exact) mass is 331 g/mol. The third-order valence-corrected chi connectivity index (χ3v) is 7.11. The molecule has 120 valence electrons. The van der Waals surface area contributed by atoms with Crippen molar-refractivity contribution in [2.75, 3.05) is 19.6 Å². The van der Waals surface area contributed by atoms with Gasteiger partial charge in [0.1, 0.15) is 4.21 Å². The Morgan fingerprint density at radius 2 is 2.05 bits per heavy atom. The van der Waals surface area contributed by atoms with Crippen LogP contribution in [0.1, 0.15) is 36.6 Å². The lowest BCUT2D eigenvalue weighted by Gasteiger charge is -2.29. The van der Waals surface area contributed by atoms with Crippen molar-refractivity contribution < 1.29 is 8.42 Å². The number of hydrogen-bond donors (Lipinski definition) is 2. The fraction of sp³-hybridized carbons (Fsp3) is 0.714. The topological polar surface area (TPSA) is 75.4 Å². The second kappa shape index (κ2) is 7.19. The summed E-state index contributed by atoms with van der Waals surface area (Å²) in [5.41, 5.74) is 6.57. The molecule has 5 nitrogen and oxygen atoms in total. The highest BCUT2D eigenvalue weighted by molar-refractivity contribution is 7.91. The van der Waals surface area contributed by atoms with Crippen LogP contribution in [0, 0.1) is 6.92 Å². The Bertz CT molecular complexity index is 563. The summed E-state index contributed by atoms with van der Waals surface area (Å²) in [6.07, 6.45) is 3.71. The van der Waals surface area contributed by atoms with Gasteiger partial charge in [-0.2, -0.15) is 0 Å². The van der Waals surface area contributed by atoms with E-state index in [1.165, 1.54) is 30.6 Å². The van der Waals surface area contributed by atoms with Crippen LogP contribution in [0.15, 0.2) is 10.3 Å². The van der Waals surface area contributed by atoms with Crippen LogP contribution in [0.3, 0.4) is 0 Å². The maximum atomic E-state index is 12.4. The molecular formula is C14H25N3O2S2. The summed E-state index contributed by atoms with van der Waals surface area (Å²) in [6.45, 7) is 7.12. The van der Waals surface area contributed by atoms with Gasteiger partial charge in [0.25, 0.3) is 0 Å².